The van der Waals surface area contributed by atoms with Gasteiger partial charge in [-0.1, -0.05) is 19.9 Å². The summed E-state index contributed by atoms with van der Waals surface area (Å²) in [7, 11) is 0. The molecule has 0 saturated heterocycles. The molecule has 0 aliphatic rings. The van der Waals surface area contributed by atoms with E-state index in [-0.39, 0.29) is 17.8 Å². The zero-order chi connectivity index (χ0) is 20.8. The molecule has 1 amide bonds. The van der Waals surface area contributed by atoms with E-state index in [2.05, 4.69) is 29.0 Å². The van der Waals surface area contributed by atoms with Crippen molar-refractivity contribution in [2.45, 2.75) is 39.7 Å². The van der Waals surface area contributed by atoms with Gasteiger partial charge >= 0.3 is 0 Å². The van der Waals surface area contributed by atoms with E-state index in [1.165, 1.54) is 12.1 Å². The molecule has 1 N–H and O–H groups in total. The zero-order valence-electron chi connectivity index (χ0n) is 17.2. The van der Waals surface area contributed by atoms with Crippen LogP contribution in [0.3, 0.4) is 0 Å². The molecule has 0 spiro atoms. The summed E-state index contributed by atoms with van der Waals surface area (Å²) in [6, 6.07) is 10.1. The predicted octanol–water partition coefficient (Wildman–Crippen LogP) is 5.34. The van der Waals surface area contributed by atoms with Gasteiger partial charge in [0.15, 0.2) is 0 Å². The molecule has 2 heterocycles. The van der Waals surface area contributed by atoms with Crippen molar-refractivity contribution in [3.05, 3.63) is 53.2 Å². The van der Waals surface area contributed by atoms with Crippen molar-refractivity contribution in [1.29, 1.82) is 0 Å². The van der Waals surface area contributed by atoms with Crippen LogP contribution < -0.4 is 5.32 Å². The van der Waals surface area contributed by atoms with Gasteiger partial charge in [-0.15, -0.1) is 11.3 Å². The number of aromatic nitrogens is 1. The van der Waals surface area contributed by atoms with Gasteiger partial charge in [-0.2, -0.15) is 0 Å². The van der Waals surface area contributed by atoms with Crippen molar-refractivity contribution < 1.29 is 9.18 Å². The molecule has 0 aliphatic heterocycles. The number of hydrogen-bond acceptors (Lipinski definition) is 4. The number of nitrogens with one attached hydrogen (secondary N) is 1. The van der Waals surface area contributed by atoms with Gasteiger partial charge in [0.2, 0.25) is 0 Å². The Kier molecular flexibility index (Phi) is 7.34. The minimum Gasteiger partial charge on any atom is -0.350 e. The van der Waals surface area contributed by atoms with Crippen molar-refractivity contribution in [3.63, 3.8) is 0 Å². The molecule has 0 saturated carbocycles. The second-order valence-electron chi connectivity index (χ2n) is 7.24. The molecule has 0 aliphatic carbocycles. The van der Waals surface area contributed by atoms with E-state index in [1.807, 2.05) is 24.4 Å². The van der Waals surface area contributed by atoms with Crippen LogP contribution in [0.5, 0.6) is 0 Å². The van der Waals surface area contributed by atoms with Crippen LogP contribution in [-0.4, -0.2) is 41.5 Å². The number of halogens is 1. The summed E-state index contributed by atoms with van der Waals surface area (Å²) in [6.45, 7) is 9.44. The van der Waals surface area contributed by atoms with Crippen molar-refractivity contribution >= 4 is 28.1 Å². The van der Waals surface area contributed by atoms with Crippen LogP contribution in [0.1, 0.15) is 44.0 Å². The Hall–Kier alpha value is -2.31. The van der Waals surface area contributed by atoms with Crippen LogP contribution in [0.2, 0.25) is 0 Å². The predicted molar refractivity (Wildman–Crippen MR) is 119 cm³/mol. The normalized spacial score (nSPS) is 12.4. The summed E-state index contributed by atoms with van der Waals surface area (Å²) in [4.78, 5) is 21.0. The number of rotatable bonds is 9. The first kappa shape index (κ1) is 21.4. The van der Waals surface area contributed by atoms with Crippen molar-refractivity contribution in [3.8, 4) is 10.6 Å². The smallest absolute Gasteiger partial charge is 0.252 e. The van der Waals surface area contributed by atoms with E-state index in [0.29, 0.717) is 16.5 Å². The summed E-state index contributed by atoms with van der Waals surface area (Å²) in [5, 5.41) is 5.60. The monoisotopic (exact) mass is 413 g/mol. The Labute approximate surface area is 175 Å². The highest BCUT2D eigenvalue weighted by molar-refractivity contribution is 7.13. The molecule has 1 aromatic carbocycles. The molecular formula is C23H28FN3OS. The number of hydrogen-bond donors (Lipinski definition) is 1. The highest BCUT2D eigenvalue weighted by Gasteiger charge is 2.17. The number of thiophene rings is 1. The number of carbonyl (C=O) groups excluding carboxylic acids is 1. The summed E-state index contributed by atoms with van der Waals surface area (Å²) in [5.74, 6) is -0.555. The van der Waals surface area contributed by atoms with Crippen molar-refractivity contribution in [2.75, 3.05) is 19.6 Å². The quantitative estimate of drug-likeness (QED) is 0.515. The number of benzene rings is 1. The zero-order valence-corrected chi connectivity index (χ0v) is 18.1. The maximum absolute atomic E-state index is 13.9. The molecule has 3 aromatic rings. The number of pyridine rings is 1. The Morgan fingerprint density at radius 1 is 1.24 bits per heavy atom. The summed E-state index contributed by atoms with van der Waals surface area (Å²) >= 11 is 1.57. The van der Waals surface area contributed by atoms with E-state index in [1.54, 1.807) is 23.5 Å². The van der Waals surface area contributed by atoms with Crippen LogP contribution >= 0.6 is 11.3 Å². The van der Waals surface area contributed by atoms with E-state index < -0.39 is 0 Å². The summed E-state index contributed by atoms with van der Waals surface area (Å²) in [5.41, 5.74) is 1.82. The first-order chi connectivity index (χ1) is 14.0. The number of carbonyl (C=O) groups is 1. The average Bonchev–Trinajstić information content (AvgIpc) is 3.25. The van der Waals surface area contributed by atoms with Gasteiger partial charge in [0.1, 0.15) is 5.82 Å². The molecule has 29 heavy (non-hydrogen) atoms. The van der Waals surface area contributed by atoms with Gasteiger partial charge < -0.3 is 10.2 Å². The molecule has 0 bridgehead atoms. The molecular weight excluding hydrogens is 385 g/mol. The molecule has 4 nitrogen and oxygen atoms in total. The van der Waals surface area contributed by atoms with Crippen LogP contribution in [0, 0.1) is 5.82 Å². The van der Waals surface area contributed by atoms with Gasteiger partial charge in [0.05, 0.1) is 21.7 Å². The third-order valence-corrected chi connectivity index (χ3v) is 6.06. The third-order valence-electron chi connectivity index (χ3n) is 5.17. The van der Waals surface area contributed by atoms with Crippen molar-refractivity contribution in [1.82, 2.24) is 15.2 Å². The molecule has 6 heteroatoms. The van der Waals surface area contributed by atoms with Gasteiger partial charge in [0.25, 0.3) is 5.91 Å². The van der Waals surface area contributed by atoms with E-state index in [0.717, 1.165) is 43.0 Å². The lowest BCUT2D eigenvalue weighted by molar-refractivity contribution is 0.0939. The SMILES string of the molecule is CCN(CC)CCC[C@@H](C)NC(=O)c1cc(-c2cccs2)nc2ccc(F)cc12. The summed E-state index contributed by atoms with van der Waals surface area (Å²) in [6.07, 6.45) is 1.92. The van der Waals surface area contributed by atoms with Crippen LogP contribution in [0.15, 0.2) is 41.8 Å². The number of fused-ring (bicyclic) bond motifs is 1. The first-order valence-electron chi connectivity index (χ1n) is 10.2. The topological polar surface area (TPSA) is 45.2 Å². The number of amides is 1. The van der Waals surface area contributed by atoms with Crippen LogP contribution in [0.4, 0.5) is 4.39 Å². The Morgan fingerprint density at radius 3 is 2.72 bits per heavy atom. The molecule has 0 radical (unpaired) electrons. The highest BCUT2D eigenvalue weighted by Crippen LogP contribution is 2.28. The van der Waals surface area contributed by atoms with E-state index >= 15 is 0 Å². The van der Waals surface area contributed by atoms with Gasteiger partial charge in [-0.25, -0.2) is 9.37 Å². The summed E-state index contributed by atoms with van der Waals surface area (Å²) < 4.78 is 13.9. The second-order valence-corrected chi connectivity index (χ2v) is 8.19. The highest BCUT2D eigenvalue weighted by atomic mass is 32.1. The molecule has 0 unspecified atom stereocenters. The molecule has 154 valence electrons. The average molecular weight is 414 g/mol. The van der Waals surface area contributed by atoms with Gasteiger partial charge in [-0.3, -0.25) is 4.79 Å². The Morgan fingerprint density at radius 2 is 2.03 bits per heavy atom. The Balaban J connectivity index is 1.80. The third kappa shape index (κ3) is 5.40. The fourth-order valence-electron chi connectivity index (χ4n) is 3.47. The lowest BCUT2D eigenvalue weighted by Crippen LogP contribution is -2.34. The standard InChI is InChI=1S/C23H28FN3OS/c1-4-27(5-2)12-6-8-16(3)25-23(28)19-15-21(22-9-7-13-29-22)26-20-11-10-17(24)14-18(19)20/h7,9-11,13-16H,4-6,8,12H2,1-3H3,(H,25,28)/t16-/m1/s1. The maximum Gasteiger partial charge on any atom is 0.252 e. The molecule has 3 rings (SSSR count). The fourth-order valence-corrected chi connectivity index (χ4v) is 4.16. The number of nitrogens with zero attached hydrogens (tertiary/aromatic N) is 2. The van der Waals surface area contributed by atoms with Crippen molar-refractivity contribution in [2.24, 2.45) is 0 Å². The maximum atomic E-state index is 13.9. The van der Waals surface area contributed by atoms with Crippen LogP contribution in [0.25, 0.3) is 21.5 Å². The molecule has 2 aromatic heterocycles. The van der Waals surface area contributed by atoms with E-state index in [4.69, 9.17) is 0 Å². The largest absolute Gasteiger partial charge is 0.350 e. The van der Waals surface area contributed by atoms with Gasteiger partial charge in [-0.05, 0) is 75.1 Å². The van der Waals surface area contributed by atoms with E-state index in [9.17, 15) is 9.18 Å². The lowest BCUT2D eigenvalue weighted by atomic mass is 10.0. The van der Waals surface area contributed by atoms with Crippen LogP contribution in [-0.2, 0) is 0 Å². The Bertz CT molecular complexity index is 954. The van der Waals surface area contributed by atoms with Gasteiger partial charge in [0, 0.05) is 11.4 Å². The second kappa shape index (κ2) is 9.94. The first-order valence-corrected chi connectivity index (χ1v) is 11.1. The minimum absolute atomic E-state index is 0.0417. The fraction of sp³-hybridized carbons (Fsp3) is 0.391. The minimum atomic E-state index is -0.371. The lowest BCUT2D eigenvalue weighted by Gasteiger charge is -2.20. The molecule has 0 fully saturated rings. The molecule has 1 atom stereocenters.